The molecule has 3 rings (SSSR count). The van der Waals surface area contributed by atoms with Gasteiger partial charge >= 0.3 is 0 Å². The minimum Gasteiger partial charge on any atom is -0.360 e. The summed E-state index contributed by atoms with van der Waals surface area (Å²) in [7, 11) is 0. The molecule has 0 heterocycles. The van der Waals surface area contributed by atoms with Crippen LogP contribution in [0.15, 0.2) is 30.3 Å². The highest BCUT2D eigenvalue weighted by Crippen LogP contribution is 2.44. The quantitative estimate of drug-likeness (QED) is 0.812. The van der Waals surface area contributed by atoms with Crippen LogP contribution in [0.3, 0.4) is 0 Å². The van der Waals surface area contributed by atoms with E-state index < -0.39 is 0 Å². The summed E-state index contributed by atoms with van der Waals surface area (Å²) in [6.07, 6.45) is 7.80. The Kier molecular flexibility index (Phi) is 4.79. The summed E-state index contributed by atoms with van der Waals surface area (Å²) in [5.41, 5.74) is 1.40. The first-order valence-corrected chi connectivity index (χ1v) is 8.72. The van der Waals surface area contributed by atoms with E-state index in [0.29, 0.717) is 12.1 Å². The molecule has 0 spiro atoms. The molecule has 2 N–H and O–H groups in total. The fourth-order valence-electron chi connectivity index (χ4n) is 3.96. The molecule has 4 unspecified atom stereocenters. The zero-order valence-electron chi connectivity index (χ0n) is 12.8. The average Bonchev–Trinajstić information content (AvgIpc) is 3.08. The lowest BCUT2D eigenvalue weighted by Crippen LogP contribution is -2.47. The summed E-state index contributed by atoms with van der Waals surface area (Å²) >= 11 is 5.49. The second kappa shape index (κ2) is 6.78. The van der Waals surface area contributed by atoms with Crippen molar-refractivity contribution in [2.24, 2.45) is 11.8 Å². The zero-order chi connectivity index (χ0) is 14.7. The molecule has 2 aliphatic rings. The normalized spacial score (nSPS) is 28.3. The van der Waals surface area contributed by atoms with Crippen LogP contribution in [0.25, 0.3) is 0 Å². The van der Waals surface area contributed by atoms with Crippen molar-refractivity contribution >= 4 is 17.3 Å². The number of fused-ring (bicyclic) bond motifs is 2. The third-order valence-electron chi connectivity index (χ3n) is 5.14. The maximum atomic E-state index is 5.49. The van der Waals surface area contributed by atoms with Crippen LogP contribution in [-0.4, -0.2) is 17.2 Å². The summed E-state index contributed by atoms with van der Waals surface area (Å²) in [6.45, 7) is 2.22. The van der Waals surface area contributed by atoms with Crippen molar-refractivity contribution in [1.29, 1.82) is 0 Å². The highest BCUT2D eigenvalue weighted by Gasteiger charge is 2.39. The lowest BCUT2D eigenvalue weighted by atomic mass is 9.95. The average molecular weight is 302 g/mol. The van der Waals surface area contributed by atoms with E-state index in [-0.39, 0.29) is 0 Å². The number of thiocarbonyl (C=S) groups is 1. The van der Waals surface area contributed by atoms with Gasteiger partial charge < -0.3 is 10.6 Å². The van der Waals surface area contributed by atoms with E-state index in [1.54, 1.807) is 0 Å². The van der Waals surface area contributed by atoms with Crippen LogP contribution < -0.4 is 10.6 Å². The Bertz CT molecular complexity index is 473. The molecule has 1 aromatic carbocycles. The van der Waals surface area contributed by atoms with Gasteiger partial charge in [0.2, 0.25) is 0 Å². The molecule has 2 saturated carbocycles. The van der Waals surface area contributed by atoms with Gasteiger partial charge in [0.25, 0.3) is 0 Å². The molecule has 2 nitrogen and oxygen atoms in total. The molecule has 0 aromatic heterocycles. The van der Waals surface area contributed by atoms with E-state index in [1.165, 1.54) is 31.2 Å². The zero-order valence-corrected chi connectivity index (χ0v) is 13.7. The molecule has 2 aliphatic carbocycles. The van der Waals surface area contributed by atoms with Crippen LogP contribution in [0.2, 0.25) is 0 Å². The molecular formula is C18H26N2S. The monoisotopic (exact) mass is 302 g/mol. The van der Waals surface area contributed by atoms with Crippen molar-refractivity contribution in [3.63, 3.8) is 0 Å². The number of benzene rings is 1. The van der Waals surface area contributed by atoms with E-state index in [1.807, 2.05) is 0 Å². The first-order valence-electron chi connectivity index (χ1n) is 8.31. The fourth-order valence-corrected chi connectivity index (χ4v) is 4.31. The van der Waals surface area contributed by atoms with Crippen LogP contribution in [-0.2, 0) is 6.42 Å². The summed E-state index contributed by atoms with van der Waals surface area (Å²) in [5.74, 6) is 1.83. The lowest BCUT2D eigenvalue weighted by molar-refractivity contribution is 0.387. The highest BCUT2D eigenvalue weighted by atomic mass is 32.1. The Morgan fingerprint density at radius 2 is 2.05 bits per heavy atom. The van der Waals surface area contributed by atoms with Crippen LogP contribution in [0.1, 0.15) is 44.6 Å². The van der Waals surface area contributed by atoms with Crippen molar-refractivity contribution in [3.8, 4) is 0 Å². The third-order valence-corrected chi connectivity index (χ3v) is 5.38. The van der Waals surface area contributed by atoms with E-state index in [9.17, 15) is 0 Å². The molecule has 2 bridgehead atoms. The summed E-state index contributed by atoms with van der Waals surface area (Å²) in [6, 6.07) is 11.7. The van der Waals surface area contributed by atoms with Crippen molar-refractivity contribution in [2.75, 3.05) is 0 Å². The van der Waals surface area contributed by atoms with Gasteiger partial charge in [-0.3, -0.25) is 0 Å². The van der Waals surface area contributed by atoms with Gasteiger partial charge in [-0.2, -0.15) is 0 Å². The van der Waals surface area contributed by atoms with Gasteiger partial charge in [0.05, 0.1) is 0 Å². The van der Waals surface area contributed by atoms with Crippen molar-refractivity contribution in [2.45, 2.75) is 57.5 Å². The Hall–Kier alpha value is -1.09. The highest BCUT2D eigenvalue weighted by molar-refractivity contribution is 7.80. The summed E-state index contributed by atoms with van der Waals surface area (Å²) < 4.78 is 0. The largest absolute Gasteiger partial charge is 0.360 e. The first kappa shape index (κ1) is 14.8. The Morgan fingerprint density at radius 3 is 2.71 bits per heavy atom. The molecular weight excluding hydrogens is 276 g/mol. The Morgan fingerprint density at radius 1 is 1.24 bits per heavy atom. The van der Waals surface area contributed by atoms with E-state index in [0.717, 1.165) is 29.8 Å². The van der Waals surface area contributed by atoms with Gasteiger partial charge in [-0.25, -0.2) is 0 Å². The number of hydrogen-bond acceptors (Lipinski definition) is 1. The number of rotatable bonds is 5. The number of hydrogen-bond donors (Lipinski definition) is 2. The van der Waals surface area contributed by atoms with Crippen molar-refractivity contribution < 1.29 is 0 Å². The van der Waals surface area contributed by atoms with Gasteiger partial charge in [0.1, 0.15) is 0 Å². The van der Waals surface area contributed by atoms with E-state index >= 15 is 0 Å². The topological polar surface area (TPSA) is 24.1 Å². The molecule has 0 radical (unpaired) electrons. The Labute approximate surface area is 133 Å². The van der Waals surface area contributed by atoms with Crippen LogP contribution in [0.4, 0.5) is 0 Å². The molecule has 3 heteroatoms. The van der Waals surface area contributed by atoms with Gasteiger partial charge in [0, 0.05) is 12.1 Å². The van der Waals surface area contributed by atoms with Crippen molar-refractivity contribution in [1.82, 2.24) is 10.6 Å². The predicted molar refractivity (Wildman–Crippen MR) is 92.3 cm³/mol. The molecule has 0 amide bonds. The first-order chi connectivity index (χ1) is 10.2. The molecule has 4 atom stereocenters. The predicted octanol–water partition coefficient (Wildman–Crippen LogP) is 3.66. The van der Waals surface area contributed by atoms with Gasteiger partial charge in [0.15, 0.2) is 5.11 Å². The van der Waals surface area contributed by atoms with Gasteiger partial charge in [-0.15, -0.1) is 0 Å². The standard InChI is InChI=1S/C18H26N2S/c1-13(7-8-14-5-3-2-4-6-14)19-18(21)20-17-12-15-9-10-16(17)11-15/h2-6,13,15-17H,7-12H2,1H3,(H2,19,20,21). The second-order valence-electron chi connectivity index (χ2n) is 6.82. The Balaban J connectivity index is 1.38. The minimum absolute atomic E-state index is 0.420. The smallest absolute Gasteiger partial charge is 0.166 e. The molecule has 0 saturated heterocycles. The van der Waals surface area contributed by atoms with Gasteiger partial charge in [-0.05, 0) is 68.6 Å². The van der Waals surface area contributed by atoms with Crippen LogP contribution in [0.5, 0.6) is 0 Å². The second-order valence-corrected chi connectivity index (χ2v) is 7.23. The van der Waals surface area contributed by atoms with E-state index in [4.69, 9.17) is 12.2 Å². The SMILES string of the molecule is CC(CCc1ccccc1)NC(=S)NC1CC2CCC1C2. The van der Waals surface area contributed by atoms with Gasteiger partial charge in [-0.1, -0.05) is 36.8 Å². The molecule has 0 aliphatic heterocycles. The summed E-state index contributed by atoms with van der Waals surface area (Å²) in [4.78, 5) is 0. The van der Waals surface area contributed by atoms with Crippen LogP contribution in [0, 0.1) is 11.8 Å². The minimum atomic E-state index is 0.420. The maximum Gasteiger partial charge on any atom is 0.166 e. The summed E-state index contributed by atoms with van der Waals surface area (Å²) in [5, 5.41) is 7.87. The van der Waals surface area contributed by atoms with E-state index in [2.05, 4.69) is 47.9 Å². The number of nitrogens with one attached hydrogen (secondary N) is 2. The number of aryl methyl sites for hydroxylation is 1. The third kappa shape index (κ3) is 3.97. The molecule has 2 fully saturated rings. The van der Waals surface area contributed by atoms with Crippen LogP contribution >= 0.6 is 12.2 Å². The maximum absolute atomic E-state index is 5.49. The fraction of sp³-hybridized carbons (Fsp3) is 0.611. The molecule has 114 valence electrons. The van der Waals surface area contributed by atoms with Crippen molar-refractivity contribution in [3.05, 3.63) is 35.9 Å². The molecule has 21 heavy (non-hydrogen) atoms. The lowest BCUT2D eigenvalue weighted by Gasteiger charge is -2.26. The molecule has 1 aromatic rings.